The van der Waals surface area contributed by atoms with Crippen LogP contribution in [0.25, 0.3) is 0 Å². The van der Waals surface area contributed by atoms with E-state index in [-0.39, 0.29) is 24.8 Å². The van der Waals surface area contributed by atoms with Crippen LogP contribution in [0.1, 0.15) is 52.4 Å². The summed E-state index contributed by atoms with van der Waals surface area (Å²) in [5.74, 6) is 0.660. The smallest absolute Gasteiger partial charge is 0.242 e. The van der Waals surface area contributed by atoms with Crippen LogP contribution in [0.5, 0.6) is 0 Å². The topological polar surface area (TPSA) is 77.3 Å². The molecular weight excluding hydrogens is 458 g/mol. The third-order valence-electron chi connectivity index (χ3n) is 5.59. The van der Waals surface area contributed by atoms with Crippen LogP contribution in [0.3, 0.4) is 0 Å². The number of alkyl halides is 2. The first-order chi connectivity index (χ1) is 16.3. The average molecular weight is 495 g/mol. The van der Waals surface area contributed by atoms with E-state index in [2.05, 4.69) is 21.8 Å². The maximum atomic E-state index is 12.6. The lowest BCUT2D eigenvalue weighted by Crippen LogP contribution is -2.39. The van der Waals surface area contributed by atoms with Gasteiger partial charge in [0.05, 0.1) is 24.4 Å². The van der Waals surface area contributed by atoms with Crippen molar-refractivity contribution in [2.45, 2.75) is 70.9 Å². The summed E-state index contributed by atoms with van der Waals surface area (Å²) < 4.78 is 25.2. The van der Waals surface area contributed by atoms with Crippen LogP contribution in [-0.4, -0.2) is 66.2 Å². The van der Waals surface area contributed by atoms with Gasteiger partial charge in [-0.05, 0) is 31.2 Å². The molecule has 0 spiro atoms. The van der Waals surface area contributed by atoms with Gasteiger partial charge in [0.2, 0.25) is 12.3 Å². The van der Waals surface area contributed by atoms with E-state index in [1.807, 2.05) is 25.3 Å². The summed E-state index contributed by atoms with van der Waals surface area (Å²) in [6.45, 7) is 9.00. The van der Waals surface area contributed by atoms with Crippen LogP contribution in [0.2, 0.25) is 0 Å². The molecule has 1 amide bonds. The first-order valence-electron chi connectivity index (χ1n) is 11.7. The fraction of sp³-hybridized carbons (Fsp3) is 0.560. The van der Waals surface area contributed by atoms with Gasteiger partial charge >= 0.3 is 0 Å². The number of halogens is 2. The molecule has 2 heterocycles. The van der Waals surface area contributed by atoms with Gasteiger partial charge in [-0.25, -0.2) is 8.78 Å². The fourth-order valence-electron chi connectivity index (χ4n) is 4.00. The molecule has 0 aromatic carbocycles. The van der Waals surface area contributed by atoms with Gasteiger partial charge in [-0.15, -0.1) is 0 Å². The van der Waals surface area contributed by atoms with Crippen LogP contribution in [0.15, 0.2) is 56.4 Å². The Morgan fingerprint density at radius 3 is 2.85 bits per heavy atom. The van der Waals surface area contributed by atoms with E-state index in [1.165, 1.54) is 17.8 Å². The average Bonchev–Trinajstić information content (AvgIpc) is 3.22. The molecular formula is C25H36F2N4O2S. The number of nitrogens with one attached hydrogen (secondary N) is 1. The molecule has 9 heteroatoms. The van der Waals surface area contributed by atoms with E-state index in [1.54, 1.807) is 13.1 Å². The van der Waals surface area contributed by atoms with Crippen LogP contribution >= 0.6 is 11.8 Å². The summed E-state index contributed by atoms with van der Waals surface area (Å²) in [5, 5.41) is 14.9. The van der Waals surface area contributed by atoms with Crippen molar-refractivity contribution in [2.75, 3.05) is 20.1 Å². The number of carbonyl (C=O) groups excluding carboxylic acids is 1. The lowest BCUT2D eigenvalue weighted by atomic mass is 10.0. The molecule has 2 aliphatic rings. The normalized spacial score (nSPS) is 19.9. The molecule has 0 aromatic rings. The molecule has 1 fully saturated rings. The monoisotopic (exact) mass is 494 g/mol. The lowest BCUT2D eigenvalue weighted by molar-refractivity contribution is -0.122. The standard InChI is InChI=1S/C25H36F2N4O2S/c1-5-8-19(32)11-12-24(33)30-18-14-22-20(21(28-4)9-7-10-23(26)27)15-29-25(31(22)16-18)17(3)34-13-6-2/h6-7,9,13,18-19,23,32H,3,5,8,10-12,14-16H2,1-2,4H3,(H,30,33)/b9-7-,13-6-,28-21?. The Bertz CT molecular complexity index is 880. The summed E-state index contributed by atoms with van der Waals surface area (Å²) in [7, 11) is 1.63. The summed E-state index contributed by atoms with van der Waals surface area (Å²) >= 11 is 1.48. The number of fused-ring (bicyclic) bond motifs is 1. The predicted octanol–water partition coefficient (Wildman–Crippen LogP) is 4.85. The Hall–Kier alpha value is -2.26. The van der Waals surface area contributed by atoms with Crippen molar-refractivity contribution < 1.29 is 18.7 Å². The van der Waals surface area contributed by atoms with E-state index in [9.17, 15) is 18.7 Å². The Balaban J connectivity index is 2.21. The third-order valence-corrected chi connectivity index (χ3v) is 6.46. The molecule has 34 heavy (non-hydrogen) atoms. The van der Waals surface area contributed by atoms with E-state index < -0.39 is 12.5 Å². The molecule has 2 atom stereocenters. The van der Waals surface area contributed by atoms with Gasteiger partial charge < -0.3 is 15.3 Å². The zero-order chi connectivity index (χ0) is 25.1. The molecule has 1 saturated heterocycles. The number of amidine groups is 1. The highest BCUT2D eigenvalue weighted by Crippen LogP contribution is 2.34. The van der Waals surface area contributed by atoms with E-state index in [0.717, 1.165) is 28.4 Å². The van der Waals surface area contributed by atoms with Crippen LogP contribution < -0.4 is 5.32 Å². The maximum Gasteiger partial charge on any atom is 0.242 e. The van der Waals surface area contributed by atoms with Crippen LogP contribution in [-0.2, 0) is 4.79 Å². The number of nitrogens with zero attached hydrogens (tertiary/aromatic N) is 3. The maximum absolute atomic E-state index is 12.6. The second-order valence-electron chi connectivity index (χ2n) is 8.27. The van der Waals surface area contributed by atoms with Crippen molar-refractivity contribution >= 4 is 29.2 Å². The second-order valence-corrected chi connectivity index (χ2v) is 9.27. The van der Waals surface area contributed by atoms with Gasteiger partial charge in [0.25, 0.3) is 0 Å². The SMILES string of the molecule is C=C(S/C=C\C)C1=NCC(C(/C=C\CC(F)F)=NC)=C2CC(NC(=O)CCC(O)CCC)CN12. The molecule has 0 saturated carbocycles. The lowest BCUT2D eigenvalue weighted by Gasteiger charge is -2.29. The zero-order valence-electron chi connectivity index (χ0n) is 20.3. The highest BCUT2D eigenvalue weighted by molar-refractivity contribution is 8.06. The summed E-state index contributed by atoms with van der Waals surface area (Å²) in [6, 6.07) is -0.133. The number of thioether (sulfide) groups is 1. The number of aliphatic imine (C=N–C) groups is 2. The van der Waals surface area contributed by atoms with Crippen molar-refractivity contribution in [3.63, 3.8) is 0 Å². The molecule has 2 aliphatic heterocycles. The number of carbonyl (C=O) groups is 1. The minimum Gasteiger partial charge on any atom is -0.393 e. The molecule has 0 aromatic heterocycles. The first kappa shape index (κ1) is 28.0. The number of rotatable bonds is 13. The summed E-state index contributed by atoms with van der Waals surface area (Å²) in [6.07, 6.45) is 4.63. The van der Waals surface area contributed by atoms with Gasteiger partial charge in [0.15, 0.2) is 0 Å². The predicted molar refractivity (Wildman–Crippen MR) is 137 cm³/mol. The number of aliphatic hydroxyl groups excluding tert-OH is 1. The quantitative estimate of drug-likeness (QED) is 0.359. The molecule has 6 nitrogen and oxygen atoms in total. The molecule has 0 aliphatic carbocycles. The Morgan fingerprint density at radius 2 is 2.21 bits per heavy atom. The van der Waals surface area contributed by atoms with Crippen molar-refractivity contribution in [3.8, 4) is 0 Å². The summed E-state index contributed by atoms with van der Waals surface area (Å²) in [5.41, 5.74) is 2.46. The van der Waals surface area contributed by atoms with E-state index in [4.69, 9.17) is 4.99 Å². The Kier molecular flexibility index (Phi) is 11.7. The zero-order valence-corrected chi connectivity index (χ0v) is 21.1. The van der Waals surface area contributed by atoms with Crippen molar-refractivity contribution in [1.29, 1.82) is 0 Å². The van der Waals surface area contributed by atoms with Gasteiger partial charge in [0, 0.05) is 49.0 Å². The van der Waals surface area contributed by atoms with E-state index >= 15 is 0 Å². The van der Waals surface area contributed by atoms with Crippen molar-refractivity contribution in [1.82, 2.24) is 10.2 Å². The molecule has 2 rings (SSSR count). The highest BCUT2D eigenvalue weighted by atomic mass is 32.2. The van der Waals surface area contributed by atoms with Gasteiger partial charge in [-0.1, -0.05) is 43.8 Å². The third kappa shape index (κ3) is 8.20. The number of hydrogen-bond acceptors (Lipinski definition) is 6. The molecule has 188 valence electrons. The Labute approximate surface area is 205 Å². The second kappa shape index (κ2) is 14.2. The molecule has 0 bridgehead atoms. The molecule has 0 radical (unpaired) electrons. The minimum atomic E-state index is -2.41. The van der Waals surface area contributed by atoms with Gasteiger partial charge in [0.1, 0.15) is 5.84 Å². The fourth-order valence-corrected chi connectivity index (χ4v) is 4.59. The highest BCUT2D eigenvalue weighted by Gasteiger charge is 2.36. The van der Waals surface area contributed by atoms with Crippen LogP contribution in [0.4, 0.5) is 8.78 Å². The van der Waals surface area contributed by atoms with Crippen LogP contribution in [0, 0.1) is 0 Å². The van der Waals surface area contributed by atoms with Crippen molar-refractivity contribution in [2.24, 2.45) is 9.98 Å². The Morgan fingerprint density at radius 1 is 1.44 bits per heavy atom. The molecule has 2 N–H and O–H groups in total. The van der Waals surface area contributed by atoms with Gasteiger partial charge in [-0.3, -0.25) is 14.8 Å². The number of allylic oxidation sites excluding steroid dienone is 3. The van der Waals surface area contributed by atoms with E-state index in [0.29, 0.717) is 38.1 Å². The van der Waals surface area contributed by atoms with Crippen molar-refractivity contribution in [3.05, 3.63) is 46.4 Å². The number of aliphatic hydroxyl groups is 1. The largest absolute Gasteiger partial charge is 0.393 e. The minimum absolute atomic E-state index is 0.0935. The molecule has 2 unspecified atom stereocenters. The first-order valence-corrected chi connectivity index (χ1v) is 12.6. The summed E-state index contributed by atoms with van der Waals surface area (Å²) in [4.78, 5) is 24.4. The number of hydrogen-bond donors (Lipinski definition) is 2. The number of amides is 1. The van der Waals surface area contributed by atoms with Gasteiger partial charge in [-0.2, -0.15) is 0 Å².